The molecule has 0 aromatic heterocycles. The Morgan fingerprint density at radius 2 is 1.88 bits per heavy atom. The molecular formula is C17H22F3NO4. The first-order valence-corrected chi connectivity index (χ1v) is 7.85. The van der Waals surface area contributed by atoms with Crippen LogP contribution in [0.15, 0.2) is 30.3 Å². The summed E-state index contributed by atoms with van der Waals surface area (Å²) >= 11 is 0. The van der Waals surface area contributed by atoms with Crippen LogP contribution in [0.3, 0.4) is 0 Å². The standard InChI is InChI=1S/C17H22F3NO4/c1-15(2,3)25-14(22)21-9-13(16(23,11-21)17(18,19)20)24-10-12-7-5-4-6-8-12/h4-8,13,23H,9-11H2,1-3H3. The number of likely N-dealkylation sites (tertiary alicyclic amines) is 1. The van der Waals surface area contributed by atoms with Gasteiger partial charge >= 0.3 is 12.3 Å². The number of hydrogen-bond acceptors (Lipinski definition) is 4. The molecule has 0 spiro atoms. The third-order valence-electron chi connectivity index (χ3n) is 3.79. The van der Waals surface area contributed by atoms with Crippen molar-refractivity contribution in [1.29, 1.82) is 0 Å². The summed E-state index contributed by atoms with van der Waals surface area (Å²) in [6.45, 7) is 3.40. The summed E-state index contributed by atoms with van der Waals surface area (Å²) in [5, 5.41) is 10.2. The zero-order chi connectivity index (χ0) is 18.9. The van der Waals surface area contributed by atoms with E-state index in [9.17, 15) is 23.1 Å². The molecular weight excluding hydrogens is 339 g/mol. The molecule has 140 valence electrons. The fourth-order valence-electron chi connectivity index (χ4n) is 2.51. The number of halogens is 3. The van der Waals surface area contributed by atoms with Crippen molar-refractivity contribution < 1.29 is 32.5 Å². The lowest BCUT2D eigenvalue weighted by Gasteiger charge is -2.30. The molecule has 1 saturated heterocycles. The quantitative estimate of drug-likeness (QED) is 0.899. The Bertz CT molecular complexity index is 600. The van der Waals surface area contributed by atoms with E-state index in [1.165, 1.54) is 0 Å². The largest absolute Gasteiger partial charge is 0.444 e. The lowest BCUT2D eigenvalue weighted by Crippen LogP contribution is -2.55. The van der Waals surface area contributed by atoms with E-state index in [0.717, 1.165) is 4.90 Å². The highest BCUT2D eigenvalue weighted by molar-refractivity contribution is 5.69. The summed E-state index contributed by atoms with van der Waals surface area (Å²) in [5.41, 5.74) is -3.32. The second-order valence-electron chi connectivity index (χ2n) is 7.07. The predicted octanol–water partition coefficient (Wildman–Crippen LogP) is 3.12. The maximum absolute atomic E-state index is 13.4. The monoisotopic (exact) mass is 361 g/mol. The second kappa shape index (κ2) is 6.84. The molecule has 2 atom stereocenters. The molecule has 2 unspecified atom stereocenters. The molecule has 1 N–H and O–H groups in total. The van der Waals surface area contributed by atoms with E-state index in [0.29, 0.717) is 5.56 Å². The van der Waals surface area contributed by atoms with Gasteiger partial charge in [-0.15, -0.1) is 0 Å². The van der Waals surface area contributed by atoms with Gasteiger partial charge in [0, 0.05) is 0 Å². The van der Waals surface area contributed by atoms with E-state index in [1.807, 2.05) is 0 Å². The number of nitrogens with zero attached hydrogens (tertiary/aromatic N) is 1. The van der Waals surface area contributed by atoms with Crippen LogP contribution in [-0.4, -0.2) is 52.7 Å². The fourth-order valence-corrected chi connectivity index (χ4v) is 2.51. The molecule has 1 fully saturated rings. The van der Waals surface area contributed by atoms with Gasteiger partial charge in [0.05, 0.1) is 19.7 Å². The van der Waals surface area contributed by atoms with Crippen LogP contribution in [-0.2, 0) is 16.1 Å². The van der Waals surface area contributed by atoms with Gasteiger partial charge in [-0.1, -0.05) is 30.3 Å². The highest BCUT2D eigenvalue weighted by Crippen LogP contribution is 2.40. The van der Waals surface area contributed by atoms with Crippen LogP contribution in [0.2, 0.25) is 0 Å². The van der Waals surface area contributed by atoms with E-state index < -0.39 is 42.7 Å². The first-order chi connectivity index (χ1) is 11.4. The number of ether oxygens (including phenoxy) is 2. The van der Waals surface area contributed by atoms with Gasteiger partial charge in [0.25, 0.3) is 0 Å². The fraction of sp³-hybridized carbons (Fsp3) is 0.588. The second-order valence-corrected chi connectivity index (χ2v) is 7.07. The SMILES string of the molecule is CC(C)(C)OC(=O)N1CC(OCc2ccccc2)C(O)(C(F)(F)F)C1. The third kappa shape index (κ3) is 4.64. The van der Waals surface area contributed by atoms with Crippen LogP contribution in [0, 0.1) is 0 Å². The highest BCUT2D eigenvalue weighted by atomic mass is 19.4. The van der Waals surface area contributed by atoms with E-state index in [4.69, 9.17) is 9.47 Å². The molecule has 0 saturated carbocycles. The van der Waals surface area contributed by atoms with Gasteiger partial charge in [-0.05, 0) is 26.3 Å². The number of carbonyl (C=O) groups excluding carboxylic acids is 1. The summed E-state index contributed by atoms with van der Waals surface area (Å²) in [5.74, 6) is 0. The molecule has 2 rings (SSSR count). The molecule has 1 aliphatic heterocycles. The van der Waals surface area contributed by atoms with Gasteiger partial charge in [0.15, 0.2) is 0 Å². The number of alkyl halides is 3. The molecule has 0 bridgehead atoms. The van der Waals surface area contributed by atoms with Crippen molar-refractivity contribution in [3.8, 4) is 0 Å². The number of hydrogen-bond donors (Lipinski definition) is 1. The Hall–Kier alpha value is -1.80. The lowest BCUT2D eigenvalue weighted by molar-refractivity contribution is -0.283. The lowest BCUT2D eigenvalue weighted by atomic mass is 10.00. The van der Waals surface area contributed by atoms with Gasteiger partial charge in [-0.3, -0.25) is 0 Å². The van der Waals surface area contributed by atoms with Crippen LogP contribution in [0.1, 0.15) is 26.3 Å². The van der Waals surface area contributed by atoms with Crippen LogP contribution < -0.4 is 0 Å². The van der Waals surface area contributed by atoms with Crippen molar-refractivity contribution >= 4 is 6.09 Å². The van der Waals surface area contributed by atoms with E-state index in [-0.39, 0.29) is 6.61 Å². The summed E-state index contributed by atoms with van der Waals surface area (Å²) in [7, 11) is 0. The smallest absolute Gasteiger partial charge is 0.421 e. The van der Waals surface area contributed by atoms with Crippen molar-refractivity contribution in [3.05, 3.63) is 35.9 Å². The molecule has 8 heteroatoms. The molecule has 5 nitrogen and oxygen atoms in total. The highest BCUT2D eigenvalue weighted by Gasteiger charge is 2.64. The zero-order valence-electron chi connectivity index (χ0n) is 14.3. The normalized spacial score (nSPS) is 24.4. The Labute approximate surface area is 144 Å². The maximum Gasteiger partial charge on any atom is 0.421 e. The molecule has 0 radical (unpaired) electrons. The average molecular weight is 361 g/mol. The van der Waals surface area contributed by atoms with Crippen LogP contribution in [0.25, 0.3) is 0 Å². The predicted molar refractivity (Wildman–Crippen MR) is 83.8 cm³/mol. The number of aliphatic hydroxyl groups is 1. The minimum Gasteiger partial charge on any atom is -0.444 e. The van der Waals surface area contributed by atoms with Crippen molar-refractivity contribution in [2.75, 3.05) is 13.1 Å². The van der Waals surface area contributed by atoms with Gasteiger partial charge in [-0.2, -0.15) is 13.2 Å². The van der Waals surface area contributed by atoms with Gasteiger partial charge in [-0.25, -0.2) is 4.79 Å². The summed E-state index contributed by atoms with van der Waals surface area (Å²) < 4.78 is 50.6. The number of carbonyl (C=O) groups is 1. The van der Waals surface area contributed by atoms with E-state index in [1.54, 1.807) is 51.1 Å². The zero-order valence-corrected chi connectivity index (χ0v) is 14.3. The van der Waals surface area contributed by atoms with Gasteiger partial charge < -0.3 is 19.5 Å². The molecule has 0 aliphatic carbocycles. The van der Waals surface area contributed by atoms with Crippen molar-refractivity contribution in [2.24, 2.45) is 0 Å². The molecule has 1 aromatic carbocycles. The topological polar surface area (TPSA) is 59.0 Å². The first-order valence-electron chi connectivity index (χ1n) is 7.85. The minimum atomic E-state index is -4.94. The minimum absolute atomic E-state index is 0.105. The van der Waals surface area contributed by atoms with Crippen molar-refractivity contribution in [2.45, 2.75) is 50.9 Å². The number of rotatable bonds is 3. The number of amides is 1. The summed E-state index contributed by atoms with van der Waals surface area (Å²) in [4.78, 5) is 12.9. The van der Waals surface area contributed by atoms with Crippen LogP contribution >= 0.6 is 0 Å². The Morgan fingerprint density at radius 1 is 1.28 bits per heavy atom. The third-order valence-corrected chi connectivity index (χ3v) is 3.79. The maximum atomic E-state index is 13.4. The molecule has 1 aromatic rings. The summed E-state index contributed by atoms with van der Waals surface area (Å²) in [6, 6.07) is 8.64. The molecule has 1 aliphatic rings. The van der Waals surface area contributed by atoms with Gasteiger partial charge in [0.1, 0.15) is 11.7 Å². The Balaban J connectivity index is 2.13. The molecule has 1 amide bonds. The van der Waals surface area contributed by atoms with Crippen molar-refractivity contribution in [3.63, 3.8) is 0 Å². The Morgan fingerprint density at radius 3 is 2.40 bits per heavy atom. The van der Waals surface area contributed by atoms with Crippen molar-refractivity contribution in [1.82, 2.24) is 4.90 Å². The average Bonchev–Trinajstić information content (AvgIpc) is 2.83. The summed E-state index contributed by atoms with van der Waals surface area (Å²) in [6.07, 6.45) is -7.45. The van der Waals surface area contributed by atoms with Crippen LogP contribution in [0.4, 0.5) is 18.0 Å². The first kappa shape index (κ1) is 19.5. The van der Waals surface area contributed by atoms with Gasteiger partial charge in [0.2, 0.25) is 5.60 Å². The molecule has 25 heavy (non-hydrogen) atoms. The van der Waals surface area contributed by atoms with Crippen LogP contribution in [0.5, 0.6) is 0 Å². The van der Waals surface area contributed by atoms with E-state index >= 15 is 0 Å². The number of benzene rings is 1. The van der Waals surface area contributed by atoms with E-state index in [2.05, 4.69) is 0 Å². The Kier molecular flexibility index (Phi) is 5.34. The number of β-amino-alcohol motifs (C(OH)–C–C–N with tert-alkyl or cyclic N) is 1. The molecule has 1 heterocycles.